The second-order valence-corrected chi connectivity index (χ2v) is 5.64. The van der Waals surface area contributed by atoms with E-state index in [0.717, 1.165) is 18.4 Å². The lowest BCUT2D eigenvalue weighted by Crippen LogP contribution is -2.23. The molecule has 0 unspecified atom stereocenters. The van der Waals surface area contributed by atoms with Gasteiger partial charge in [-0.05, 0) is 50.8 Å². The first-order chi connectivity index (χ1) is 9.90. The van der Waals surface area contributed by atoms with Gasteiger partial charge in [-0.1, -0.05) is 6.07 Å². The minimum absolute atomic E-state index is 0.0408. The van der Waals surface area contributed by atoms with E-state index < -0.39 is 11.4 Å². The highest BCUT2D eigenvalue weighted by atomic mass is 16.5. The van der Waals surface area contributed by atoms with Gasteiger partial charge in [0.15, 0.2) is 11.5 Å². The number of unbranched alkanes of at least 4 members (excludes halogenated alkanes) is 1. The summed E-state index contributed by atoms with van der Waals surface area (Å²) in [7, 11) is 1.55. The van der Waals surface area contributed by atoms with Crippen LogP contribution in [0.4, 0.5) is 0 Å². The first kappa shape index (κ1) is 17.3. The van der Waals surface area contributed by atoms with E-state index >= 15 is 0 Å². The van der Waals surface area contributed by atoms with Crippen LogP contribution in [-0.2, 0) is 11.4 Å². The van der Waals surface area contributed by atoms with Gasteiger partial charge in [0.1, 0.15) is 0 Å². The zero-order valence-corrected chi connectivity index (χ0v) is 12.9. The maximum atomic E-state index is 11.0. The molecule has 0 spiro atoms. The minimum atomic E-state index is -0.773. The van der Waals surface area contributed by atoms with E-state index in [0.29, 0.717) is 24.5 Å². The highest BCUT2D eigenvalue weighted by molar-refractivity contribution is 5.73. The van der Waals surface area contributed by atoms with E-state index in [1.54, 1.807) is 39.2 Å². The van der Waals surface area contributed by atoms with Gasteiger partial charge in [-0.15, -0.1) is 0 Å². The number of hydrogen-bond acceptors (Lipinski definition) is 4. The van der Waals surface area contributed by atoms with Crippen molar-refractivity contribution in [3.05, 3.63) is 23.8 Å². The van der Waals surface area contributed by atoms with Crippen LogP contribution in [0.5, 0.6) is 11.5 Å². The van der Waals surface area contributed by atoms with Crippen LogP contribution in [0.2, 0.25) is 0 Å². The first-order valence-electron chi connectivity index (χ1n) is 7.04. The van der Waals surface area contributed by atoms with Crippen molar-refractivity contribution < 1.29 is 24.5 Å². The van der Waals surface area contributed by atoms with Crippen molar-refractivity contribution in [2.75, 3.05) is 13.7 Å². The number of benzene rings is 1. The van der Waals surface area contributed by atoms with Crippen LogP contribution in [-0.4, -0.2) is 29.9 Å². The Morgan fingerprint density at radius 3 is 2.52 bits per heavy atom. The van der Waals surface area contributed by atoms with E-state index in [4.69, 9.17) is 19.7 Å². The van der Waals surface area contributed by atoms with Gasteiger partial charge >= 0.3 is 5.97 Å². The van der Waals surface area contributed by atoms with Crippen molar-refractivity contribution in [2.45, 2.75) is 39.7 Å². The molecule has 0 bridgehead atoms. The monoisotopic (exact) mass is 296 g/mol. The molecule has 5 heteroatoms. The molecule has 0 heterocycles. The lowest BCUT2D eigenvalue weighted by Gasteiger charge is -2.18. The van der Waals surface area contributed by atoms with Crippen LogP contribution < -0.4 is 9.47 Å². The molecule has 0 aliphatic carbocycles. The lowest BCUT2D eigenvalue weighted by atomic mass is 9.87. The quantitative estimate of drug-likeness (QED) is 0.685. The van der Waals surface area contributed by atoms with Crippen molar-refractivity contribution in [3.8, 4) is 11.5 Å². The molecule has 0 radical (unpaired) electrons. The molecule has 0 saturated heterocycles. The van der Waals surface area contributed by atoms with Gasteiger partial charge in [-0.3, -0.25) is 4.79 Å². The van der Waals surface area contributed by atoms with Crippen LogP contribution in [0.3, 0.4) is 0 Å². The van der Waals surface area contributed by atoms with Crippen LogP contribution in [0.15, 0.2) is 18.2 Å². The van der Waals surface area contributed by atoms with Gasteiger partial charge in [-0.25, -0.2) is 0 Å². The summed E-state index contributed by atoms with van der Waals surface area (Å²) in [5, 5.41) is 18.1. The number of aliphatic carboxylic acids is 1. The summed E-state index contributed by atoms with van der Waals surface area (Å²) < 4.78 is 10.9. The lowest BCUT2D eigenvalue weighted by molar-refractivity contribution is -0.147. The number of aliphatic hydroxyl groups excluding tert-OH is 1. The van der Waals surface area contributed by atoms with E-state index in [1.807, 2.05) is 0 Å². The SMILES string of the molecule is COc1cc(CO)ccc1OCCCCC(C)(C)C(=O)O. The van der Waals surface area contributed by atoms with Crippen LogP contribution in [0.25, 0.3) is 0 Å². The fourth-order valence-corrected chi connectivity index (χ4v) is 1.89. The molecular formula is C16H24O5. The first-order valence-corrected chi connectivity index (χ1v) is 7.04. The molecule has 1 rings (SSSR count). The number of methoxy groups -OCH3 is 1. The third-order valence-electron chi connectivity index (χ3n) is 3.44. The Hall–Kier alpha value is -1.75. The van der Waals surface area contributed by atoms with Gasteiger partial charge in [-0.2, -0.15) is 0 Å². The molecule has 0 amide bonds. The van der Waals surface area contributed by atoms with Crippen LogP contribution in [0, 0.1) is 5.41 Å². The van der Waals surface area contributed by atoms with Gasteiger partial charge < -0.3 is 19.7 Å². The second kappa shape index (κ2) is 7.88. The number of carboxylic acids is 1. The summed E-state index contributed by atoms with van der Waals surface area (Å²) in [5.74, 6) is 0.448. The minimum Gasteiger partial charge on any atom is -0.493 e. The van der Waals surface area contributed by atoms with E-state index in [-0.39, 0.29) is 6.61 Å². The smallest absolute Gasteiger partial charge is 0.309 e. The molecule has 5 nitrogen and oxygen atoms in total. The molecule has 1 aromatic carbocycles. The summed E-state index contributed by atoms with van der Waals surface area (Å²) in [5.41, 5.74) is 0.0721. The number of rotatable bonds is 9. The summed E-state index contributed by atoms with van der Waals surface area (Å²) >= 11 is 0. The Morgan fingerprint density at radius 1 is 1.24 bits per heavy atom. The molecule has 1 aromatic rings. The molecule has 0 aromatic heterocycles. The molecule has 0 aliphatic heterocycles. The molecule has 0 saturated carbocycles. The topological polar surface area (TPSA) is 76.0 Å². The van der Waals surface area contributed by atoms with Gasteiger partial charge in [0.2, 0.25) is 0 Å². The normalized spacial score (nSPS) is 11.2. The van der Waals surface area contributed by atoms with Crippen LogP contribution in [0.1, 0.15) is 38.7 Å². The van der Waals surface area contributed by atoms with Crippen molar-refractivity contribution in [3.63, 3.8) is 0 Å². The van der Waals surface area contributed by atoms with E-state index in [1.165, 1.54) is 0 Å². The average molecular weight is 296 g/mol. The Bertz CT molecular complexity index is 468. The Kier molecular flexibility index (Phi) is 6.49. The van der Waals surface area contributed by atoms with Crippen molar-refractivity contribution >= 4 is 5.97 Å². The number of carboxylic acid groups (broad SMARTS) is 1. The molecule has 21 heavy (non-hydrogen) atoms. The van der Waals surface area contributed by atoms with Crippen molar-refractivity contribution in [2.24, 2.45) is 5.41 Å². The zero-order chi connectivity index (χ0) is 15.9. The molecule has 0 fully saturated rings. The standard InChI is InChI=1S/C16H24O5/c1-16(2,15(18)19)8-4-5-9-21-13-7-6-12(11-17)10-14(13)20-3/h6-7,10,17H,4-5,8-9,11H2,1-3H3,(H,18,19). The fraction of sp³-hybridized carbons (Fsp3) is 0.562. The Morgan fingerprint density at radius 2 is 1.95 bits per heavy atom. The fourth-order valence-electron chi connectivity index (χ4n) is 1.89. The number of aliphatic hydroxyl groups is 1. The number of carbonyl (C=O) groups is 1. The van der Waals surface area contributed by atoms with Gasteiger partial charge in [0.25, 0.3) is 0 Å². The molecular weight excluding hydrogens is 272 g/mol. The Balaban J connectivity index is 2.41. The molecule has 0 aliphatic rings. The van der Waals surface area contributed by atoms with Gasteiger partial charge in [0, 0.05) is 0 Å². The Labute approximate surface area is 125 Å². The summed E-state index contributed by atoms with van der Waals surface area (Å²) in [6.45, 7) is 3.92. The number of ether oxygens (including phenoxy) is 2. The predicted molar refractivity (Wildman–Crippen MR) is 79.7 cm³/mol. The van der Waals surface area contributed by atoms with Crippen molar-refractivity contribution in [1.29, 1.82) is 0 Å². The third kappa shape index (κ3) is 5.27. The van der Waals surface area contributed by atoms with E-state index in [9.17, 15) is 4.79 Å². The van der Waals surface area contributed by atoms with Crippen molar-refractivity contribution in [1.82, 2.24) is 0 Å². The average Bonchev–Trinajstić information content (AvgIpc) is 2.46. The second-order valence-electron chi connectivity index (χ2n) is 5.64. The summed E-state index contributed by atoms with van der Waals surface area (Å²) in [4.78, 5) is 11.0. The predicted octanol–water partition coefficient (Wildman–Crippen LogP) is 2.85. The number of hydrogen-bond donors (Lipinski definition) is 2. The highest BCUT2D eigenvalue weighted by Crippen LogP contribution is 2.29. The maximum absolute atomic E-state index is 11.0. The third-order valence-corrected chi connectivity index (χ3v) is 3.44. The van der Waals surface area contributed by atoms with E-state index in [2.05, 4.69) is 0 Å². The summed E-state index contributed by atoms with van der Waals surface area (Å²) in [6.07, 6.45) is 2.18. The molecule has 2 N–H and O–H groups in total. The zero-order valence-electron chi connectivity index (χ0n) is 12.9. The molecule has 0 atom stereocenters. The maximum Gasteiger partial charge on any atom is 0.309 e. The largest absolute Gasteiger partial charge is 0.493 e. The molecule has 118 valence electrons. The van der Waals surface area contributed by atoms with Gasteiger partial charge in [0.05, 0.1) is 25.7 Å². The highest BCUT2D eigenvalue weighted by Gasteiger charge is 2.25. The van der Waals surface area contributed by atoms with Crippen LogP contribution >= 0.6 is 0 Å². The summed E-state index contributed by atoms with van der Waals surface area (Å²) in [6, 6.07) is 5.29.